The van der Waals surface area contributed by atoms with E-state index < -0.39 is 0 Å². The number of hydrogen-bond donors (Lipinski definition) is 0. The lowest BCUT2D eigenvalue weighted by Crippen LogP contribution is -1.94. The molecule has 0 aliphatic heterocycles. The first-order valence-electron chi connectivity index (χ1n) is 4.52. The van der Waals surface area contributed by atoms with Crippen LogP contribution in [0, 0.1) is 0 Å². The van der Waals surface area contributed by atoms with Gasteiger partial charge < -0.3 is 4.57 Å². The van der Waals surface area contributed by atoms with E-state index in [1.54, 1.807) is 6.92 Å². The summed E-state index contributed by atoms with van der Waals surface area (Å²) in [5, 5.41) is 0. The molecule has 0 N–H and O–H groups in total. The van der Waals surface area contributed by atoms with Gasteiger partial charge in [-0.25, -0.2) is 0 Å². The van der Waals surface area contributed by atoms with E-state index >= 15 is 0 Å². The van der Waals surface area contributed by atoms with Crippen molar-refractivity contribution in [3.8, 4) is 5.69 Å². The Morgan fingerprint density at radius 2 is 1.60 bits per heavy atom. The summed E-state index contributed by atoms with van der Waals surface area (Å²) in [7, 11) is 0. The Labute approximate surface area is 90.2 Å². The second-order valence-corrected chi connectivity index (χ2v) is 3.19. The molecule has 1 aromatic heterocycles. The molecule has 2 rings (SSSR count). The van der Waals surface area contributed by atoms with E-state index in [1.807, 2.05) is 53.4 Å². The van der Waals surface area contributed by atoms with Gasteiger partial charge in [-0.2, -0.15) is 0 Å². The maximum absolute atomic E-state index is 11.0. The summed E-state index contributed by atoms with van der Waals surface area (Å²) in [6.45, 7) is 1.57. The van der Waals surface area contributed by atoms with E-state index in [4.69, 9.17) is 0 Å². The number of Topliss-reactive ketones (excluding diaryl/α,β-unsaturated/α-hetero) is 1. The van der Waals surface area contributed by atoms with Gasteiger partial charge >= 0.3 is 0 Å². The van der Waals surface area contributed by atoms with Crippen LogP contribution in [0.3, 0.4) is 0 Å². The predicted octanol–water partition coefficient (Wildman–Crippen LogP) is 3.32. The van der Waals surface area contributed by atoms with Crippen molar-refractivity contribution in [1.29, 1.82) is 0 Å². The highest BCUT2D eigenvalue weighted by Crippen LogP contribution is 2.10. The van der Waals surface area contributed by atoms with Crippen molar-refractivity contribution in [3.05, 3.63) is 54.4 Å². The fourth-order valence-corrected chi connectivity index (χ4v) is 1.37. The van der Waals surface area contributed by atoms with E-state index in [9.17, 15) is 4.79 Å². The summed E-state index contributed by atoms with van der Waals surface area (Å²) in [5.41, 5.74) is 1.82. The second-order valence-electron chi connectivity index (χ2n) is 3.19. The second kappa shape index (κ2) is 4.60. The quantitative estimate of drug-likeness (QED) is 0.683. The van der Waals surface area contributed by atoms with Crippen LogP contribution in [-0.2, 0) is 0 Å². The average molecular weight is 201 g/mol. The summed E-state index contributed by atoms with van der Waals surface area (Å²) in [5.74, 6) is 0.101. The van der Waals surface area contributed by atoms with Crippen LogP contribution in [0.5, 0.6) is 0 Å². The zero-order valence-corrected chi connectivity index (χ0v) is 7.97. The largest absolute Gasteiger partial charge is 0.324 e. The number of rotatable bonds is 2. The topological polar surface area (TPSA) is 22.0 Å². The molecule has 0 aliphatic rings. The highest BCUT2D eigenvalue weighted by atomic mass is 16.1. The standard InChI is InChI=1S/C12H11NO.CH4/c1-10(14)11-4-6-12(7-5-11)13-8-2-3-9-13;/h2-9H,1H3;1H4. The maximum Gasteiger partial charge on any atom is 0.159 e. The first-order chi connectivity index (χ1) is 6.77. The van der Waals surface area contributed by atoms with Crippen LogP contribution in [0.1, 0.15) is 24.7 Å². The molecule has 1 heterocycles. The van der Waals surface area contributed by atoms with Gasteiger partial charge in [0.05, 0.1) is 0 Å². The van der Waals surface area contributed by atoms with E-state index in [0.29, 0.717) is 0 Å². The molecule has 0 spiro atoms. The SMILES string of the molecule is C.CC(=O)c1ccc(-n2cccc2)cc1. The van der Waals surface area contributed by atoms with E-state index in [1.165, 1.54) is 0 Å². The number of aromatic nitrogens is 1. The number of benzene rings is 1. The third-order valence-electron chi connectivity index (χ3n) is 2.18. The highest BCUT2D eigenvalue weighted by Gasteiger charge is 1.98. The summed E-state index contributed by atoms with van der Waals surface area (Å²) in [6, 6.07) is 11.5. The van der Waals surface area contributed by atoms with Crippen molar-refractivity contribution in [3.63, 3.8) is 0 Å². The molecule has 2 nitrogen and oxygen atoms in total. The van der Waals surface area contributed by atoms with Crippen LogP contribution < -0.4 is 0 Å². The molecule has 0 aliphatic carbocycles. The third kappa shape index (κ3) is 2.34. The van der Waals surface area contributed by atoms with E-state index in [0.717, 1.165) is 11.3 Å². The minimum atomic E-state index is 0. The van der Waals surface area contributed by atoms with Gasteiger partial charge in [0, 0.05) is 23.6 Å². The molecule has 0 amide bonds. The molecule has 15 heavy (non-hydrogen) atoms. The fraction of sp³-hybridized carbons (Fsp3) is 0.154. The Morgan fingerprint density at radius 3 is 2.07 bits per heavy atom. The normalized spacial score (nSPS) is 9.40. The molecule has 1 aromatic carbocycles. The molecule has 2 heteroatoms. The van der Waals surface area contributed by atoms with Crippen LogP contribution in [0.4, 0.5) is 0 Å². The Kier molecular flexibility index (Phi) is 3.45. The van der Waals surface area contributed by atoms with Crippen LogP contribution in [0.25, 0.3) is 5.69 Å². The zero-order chi connectivity index (χ0) is 9.97. The van der Waals surface area contributed by atoms with Gasteiger partial charge in [0.25, 0.3) is 0 Å². The van der Waals surface area contributed by atoms with Crippen LogP contribution in [-0.4, -0.2) is 10.4 Å². The van der Waals surface area contributed by atoms with Crippen molar-refractivity contribution in [1.82, 2.24) is 4.57 Å². The Morgan fingerprint density at radius 1 is 1.07 bits per heavy atom. The summed E-state index contributed by atoms with van der Waals surface area (Å²) >= 11 is 0. The van der Waals surface area contributed by atoms with Gasteiger partial charge in [0.2, 0.25) is 0 Å². The molecule has 78 valence electrons. The first-order valence-corrected chi connectivity index (χ1v) is 4.52. The molecule has 0 unspecified atom stereocenters. The summed E-state index contributed by atoms with van der Waals surface area (Å²) in [4.78, 5) is 11.0. The summed E-state index contributed by atoms with van der Waals surface area (Å²) in [6.07, 6.45) is 3.95. The van der Waals surface area contributed by atoms with Crippen molar-refractivity contribution in [2.75, 3.05) is 0 Å². The Bertz CT molecular complexity index is 426. The third-order valence-corrected chi connectivity index (χ3v) is 2.18. The van der Waals surface area contributed by atoms with Crippen molar-refractivity contribution < 1.29 is 4.79 Å². The zero-order valence-electron chi connectivity index (χ0n) is 7.97. The minimum Gasteiger partial charge on any atom is -0.324 e. The van der Waals surface area contributed by atoms with Gasteiger partial charge in [0.15, 0.2) is 5.78 Å². The van der Waals surface area contributed by atoms with E-state index in [-0.39, 0.29) is 13.2 Å². The van der Waals surface area contributed by atoms with Gasteiger partial charge in [-0.3, -0.25) is 4.79 Å². The fourth-order valence-electron chi connectivity index (χ4n) is 1.37. The van der Waals surface area contributed by atoms with Gasteiger partial charge in [-0.15, -0.1) is 0 Å². The van der Waals surface area contributed by atoms with Gasteiger partial charge in [-0.05, 0) is 43.3 Å². The molecule has 0 saturated heterocycles. The lowest BCUT2D eigenvalue weighted by Gasteiger charge is -2.02. The maximum atomic E-state index is 11.0. The van der Waals surface area contributed by atoms with Crippen molar-refractivity contribution in [2.45, 2.75) is 14.4 Å². The number of ketones is 1. The van der Waals surface area contributed by atoms with Crippen molar-refractivity contribution >= 4 is 5.78 Å². The predicted molar refractivity (Wildman–Crippen MR) is 62.5 cm³/mol. The Balaban J connectivity index is 0.00000112. The van der Waals surface area contributed by atoms with Gasteiger partial charge in [0.1, 0.15) is 0 Å². The highest BCUT2D eigenvalue weighted by molar-refractivity contribution is 5.94. The van der Waals surface area contributed by atoms with Crippen LogP contribution in [0.15, 0.2) is 48.8 Å². The number of carbonyl (C=O) groups excluding carboxylic acids is 1. The smallest absolute Gasteiger partial charge is 0.159 e. The monoisotopic (exact) mass is 201 g/mol. The molecule has 0 saturated carbocycles. The molecule has 2 aromatic rings. The molecule has 0 atom stereocenters. The molecular formula is C13H15NO. The lowest BCUT2D eigenvalue weighted by atomic mass is 10.1. The van der Waals surface area contributed by atoms with Crippen LogP contribution >= 0.6 is 0 Å². The minimum absolute atomic E-state index is 0. The summed E-state index contributed by atoms with van der Waals surface area (Å²) < 4.78 is 2.00. The van der Waals surface area contributed by atoms with Crippen LogP contribution in [0.2, 0.25) is 0 Å². The first kappa shape index (κ1) is 11.2. The lowest BCUT2D eigenvalue weighted by molar-refractivity contribution is 0.101. The van der Waals surface area contributed by atoms with E-state index in [2.05, 4.69) is 0 Å². The average Bonchev–Trinajstić information content (AvgIpc) is 2.71. The molecule has 0 bridgehead atoms. The molecule has 0 radical (unpaired) electrons. The number of carbonyl (C=O) groups is 1. The number of hydrogen-bond acceptors (Lipinski definition) is 1. The molecular weight excluding hydrogens is 186 g/mol. The number of nitrogens with zero attached hydrogens (tertiary/aromatic N) is 1. The van der Waals surface area contributed by atoms with Crippen molar-refractivity contribution in [2.24, 2.45) is 0 Å². The molecule has 0 fully saturated rings. The van der Waals surface area contributed by atoms with Gasteiger partial charge in [-0.1, -0.05) is 7.43 Å². The Hall–Kier alpha value is -1.83.